The lowest BCUT2D eigenvalue weighted by atomic mass is 10.1. The molecule has 0 saturated heterocycles. The molecule has 0 spiro atoms. The van der Waals surface area contributed by atoms with E-state index in [0.29, 0.717) is 0 Å². The molecule has 3 aromatic rings. The molecule has 2 aromatic carbocycles. The summed E-state index contributed by atoms with van der Waals surface area (Å²) in [6.07, 6.45) is 3.83. The van der Waals surface area contributed by atoms with E-state index >= 15 is 0 Å². The number of hydrogen-bond donors (Lipinski definition) is 1. The lowest BCUT2D eigenvalue weighted by Gasteiger charge is -2.08. The standard InChI is InChI=1S/C17H14ClIN2/c18-16-7-12(5-6-17(16)19)8-20-10-14-11-21-9-13-3-1-2-4-15(13)14/h1-7,9,11,20H,8,10H2. The first-order valence-corrected chi connectivity index (χ1v) is 8.16. The molecule has 3 rings (SSSR count). The molecule has 0 saturated carbocycles. The molecule has 0 amide bonds. The van der Waals surface area contributed by atoms with E-state index in [9.17, 15) is 0 Å². The largest absolute Gasteiger partial charge is 0.309 e. The molecule has 2 nitrogen and oxygen atoms in total. The molecule has 4 heteroatoms. The van der Waals surface area contributed by atoms with Crippen molar-refractivity contribution in [1.29, 1.82) is 0 Å². The van der Waals surface area contributed by atoms with E-state index in [-0.39, 0.29) is 0 Å². The fraction of sp³-hybridized carbons (Fsp3) is 0.118. The zero-order chi connectivity index (χ0) is 14.7. The third-order valence-corrected chi connectivity index (χ3v) is 4.95. The molecule has 1 heterocycles. The Morgan fingerprint density at radius 2 is 1.90 bits per heavy atom. The van der Waals surface area contributed by atoms with Gasteiger partial charge in [-0.2, -0.15) is 0 Å². The molecule has 0 bridgehead atoms. The van der Waals surface area contributed by atoms with Gasteiger partial charge in [0.25, 0.3) is 0 Å². The minimum atomic E-state index is 0.790. The minimum absolute atomic E-state index is 0.790. The van der Waals surface area contributed by atoms with Crippen LogP contribution in [0.3, 0.4) is 0 Å². The predicted octanol–water partition coefficient (Wildman–Crippen LogP) is 4.78. The highest BCUT2D eigenvalue weighted by molar-refractivity contribution is 14.1. The zero-order valence-electron chi connectivity index (χ0n) is 11.3. The van der Waals surface area contributed by atoms with Crippen molar-refractivity contribution in [2.24, 2.45) is 0 Å². The second kappa shape index (κ2) is 6.73. The van der Waals surface area contributed by atoms with E-state index in [1.54, 1.807) is 0 Å². The molecule has 0 aliphatic heterocycles. The van der Waals surface area contributed by atoms with Crippen LogP contribution in [-0.2, 0) is 13.1 Å². The van der Waals surface area contributed by atoms with Gasteiger partial charge in [0.1, 0.15) is 0 Å². The Morgan fingerprint density at radius 1 is 1.05 bits per heavy atom. The summed E-state index contributed by atoms with van der Waals surface area (Å²) in [7, 11) is 0. The minimum Gasteiger partial charge on any atom is -0.309 e. The molecule has 0 radical (unpaired) electrons. The van der Waals surface area contributed by atoms with Gasteiger partial charge >= 0.3 is 0 Å². The summed E-state index contributed by atoms with van der Waals surface area (Å²) in [6.45, 7) is 1.58. The number of aromatic nitrogens is 1. The van der Waals surface area contributed by atoms with Crippen LogP contribution in [-0.4, -0.2) is 4.98 Å². The van der Waals surface area contributed by atoms with Gasteiger partial charge in [-0.25, -0.2) is 0 Å². The van der Waals surface area contributed by atoms with Crippen molar-refractivity contribution in [2.75, 3.05) is 0 Å². The maximum atomic E-state index is 6.14. The number of fused-ring (bicyclic) bond motifs is 1. The van der Waals surface area contributed by atoms with Gasteiger partial charge in [0.05, 0.1) is 5.02 Å². The van der Waals surface area contributed by atoms with Gasteiger partial charge in [-0.15, -0.1) is 0 Å². The van der Waals surface area contributed by atoms with Gasteiger partial charge in [0, 0.05) is 34.4 Å². The normalized spacial score (nSPS) is 11.0. The summed E-state index contributed by atoms with van der Waals surface area (Å²) >= 11 is 8.38. The van der Waals surface area contributed by atoms with Gasteiger partial charge in [-0.05, 0) is 51.2 Å². The fourth-order valence-corrected chi connectivity index (χ4v) is 2.85. The summed E-state index contributed by atoms with van der Waals surface area (Å²) in [5, 5.41) is 6.69. The number of nitrogens with one attached hydrogen (secondary N) is 1. The molecule has 0 fully saturated rings. The number of nitrogens with zero attached hydrogens (tertiary/aromatic N) is 1. The average Bonchev–Trinajstić information content (AvgIpc) is 2.51. The van der Waals surface area contributed by atoms with Crippen LogP contribution >= 0.6 is 34.2 Å². The van der Waals surface area contributed by atoms with Gasteiger partial charge < -0.3 is 5.32 Å². The van der Waals surface area contributed by atoms with Crippen LogP contribution < -0.4 is 5.32 Å². The SMILES string of the molecule is Clc1cc(CNCc2cncc3ccccc23)ccc1I. The summed E-state index contributed by atoms with van der Waals surface area (Å²) in [5.41, 5.74) is 2.40. The summed E-state index contributed by atoms with van der Waals surface area (Å²) < 4.78 is 1.08. The van der Waals surface area contributed by atoms with Crippen molar-refractivity contribution in [2.45, 2.75) is 13.1 Å². The molecule has 21 heavy (non-hydrogen) atoms. The maximum absolute atomic E-state index is 6.14. The second-order valence-electron chi connectivity index (χ2n) is 4.87. The van der Waals surface area contributed by atoms with E-state index in [2.05, 4.69) is 57.2 Å². The van der Waals surface area contributed by atoms with E-state index < -0.39 is 0 Å². The van der Waals surface area contributed by atoms with Gasteiger partial charge in [0.15, 0.2) is 0 Å². The molecule has 0 aliphatic rings. The lowest BCUT2D eigenvalue weighted by Crippen LogP contribution is -2.13. The number of hydrogen-bond acceptors (Lipinski definition) is 2. The van der Waals surface area contributed by atoms with Gasteiger partial charge in [-0.3, -0.25) is 4.98 Å². The molecular weight excluding hydrogens is 395 g/mol. The summed E-state index contributed by atoms with van der Waals surface area (Å²) in [6, 6.07) is 14.5. The quantitative estimate of drug-likeness (QED) is 0.628. The lowest BCUT2D eigenvalue weighted by molar-refractivity contribution is 0.695. The monoisotopic (exact) mass is 408 g/mol. The van der Waals surface area contributed by atoms with E-state index in [1.165, 1.54) is 21.9 Å². The highest BCUT2D eigenvalue weighted by atomic mass is 127. The Hall–Kier alpha value is -1.17. The van der Waals surface area contributed by atoms with Crippen molar-refractivity contribution < 1.29 is 0 Å². The van der Waals surface area contributed by atoms with Crippen LogP contribution in [0.1, 0.15) is 11.1 Å². The molecule has 0 atom stereocenters. The van der Waals surface area contributed by atoms with Crippen molar-refractivity contribution in [3.8, 4) is 0 Å². The molecule has 1 aromatic heterocycles. The van der Waals surface area contributed by atoms with Gasteiger partial charge in [0.2, 0.25) is 0 Å². The van der Waals surface area contributed by atoms with Crippen LogP contribution in [0, 0.1) is 3.57 Å². The molecule has 0 unspecified atom stereocenters. The number of rotatable bonds is 4. The summed E-state index contributed by atoms with van der Waals surface area (Å²) in [4.78, 5) is 4.30. The second-order valence-corrected chi connectivity index (χ2v) is 6.44. The third-order valence-electron chi connectivity index (χ3n) is 3.38. The molecule has 106 valence electrons. The maximum Gasteiger partial charge on any atom is 0.0542 e. The van der Waals surface area contributed by atoms with Crippen LogP contribution in [0.25, 0.3) is 10.8 Å². The Labute approximate surface area is 142 Å². The topological polar surface area (TPSA) is 24.9 Å². The molecule has 0 aliphatic carbocycles. The van der Waals surface area contributed by atoms with E-state index in [1.807, 2.05) is 30.6 Å². The Balaban J connectivity index is 1.70. The average molecular weight is 409 g/mol. The third kappa shape index (κ3) is 3.54. The highest BCUT2D eigenvalue weighted by Gasteiger charge is 2.02. The van der Waals surface area contributed by atoms with Crippen LogP contribution in [0.5, 0.6) is 0 Å². The fourth-order valence-electron chi connectivity index (χ4n) is 2.31. The number of halogens is 2. The first kappa shape index (κ1) is 14.8. The van der Waals surface area contributed by atoms with E-state index in [4.69, 9.17) is 11.6 Å². The molecular formula is C17H14ClIN2. The van der Waals surface area contributed by atoms with Crippen LogP contribution in [0.2, 0.25) is 5.02 Å². The number of benzene rings is 2. The van der Waals surface area contributed by atoms with Crippen LogP contribution in [0.15, 0.2) is 54.9 Å². The first-order chi connectivity index (χ1) is 10.2. The van der Waals surface area contributed by atoms with Gasteiger partial charge in [-0.1, -0.05) is 41.9 Å². The van der Waals surface area contributed by atoms with Crippen molar-refractivity contribution in [1.82, 2.24) is 10.3 Å². The zero-order valence-corrected chi connectivity index (χ0v) is 14.2. The first-order valence-electron chi connectivity index (χ1n) is 6.70. The van der Waals surface area contributed by atoms with Crippen LogP contribution in [0.4, 0.5) is 0 Å². The van der Waals surface area contributed by atoms with Crippen molar-refractivity contribution in [3.63, 3.8) is 0 Å². The number of pyridine rings is 1. The predicted molar refractivity (Wildman–Crippen MR) is 96.5 cm³/mol. The van der Waals surface area contributed by atoms with Crippen molar-refractivity contribution in [3.05, 3.63) is 74.6 Å². The summed E-state index contributed by atoms with van der Waals surface area (Å²) in [5.74, 6) is 0. The molecule has 1 N–H and O–H groups in total. The Kier molecular flexibility index (Phi) is 4.73. The van der Waals surface area contributed by atoms with E-state index in [0.717, 1.165) is 21.7 Å². The smallest absolute Gasteiger partial charge is 0.0542 e. The highest BCUT2D eigenvalue weighted by Crippen LogP contribution is 2.20. The van der Waals surface area contributed by atoms with Crippen molar-refractivity contribution >= 4 is 45.0 Å². The Bertz CT molecular complexity index is 768. The Morgan fingerprint density at radius 3 is 2.76 bits per heavy atom.